The molecule has 0 aliphatic heterocycles. The summed E-state index contributed by atoms with van der Waals surface area (Å²) in [5.41, 5.74) is 1.94. The Labute approximate surface area is 259 Å². The molecule has 43 heavy (non-hydrogen) atoms. The molecule has 2 heterocycles. The van der Waals surface area contributed by atoms with E-state index in [-0.39, 0.29) is 42.7 Å². The number of anilines is 1. The number of fused-ring (bicyclic) bond motifs is 1. The monoisotopic (exact) mass is 627 g/mol. The second kappa shape index (κ2) is 14.3. The molecule has 2 N–H and O–H groups in total. The summed E-state index contributed by atoms with van der Waals surface area (Å²) >= 11 is 2.77. The number of nitrogens with one attached hydrogen (secondary N) is 2. The Balaban J connectivity index is 1.28. The Morgan fingerprint density at radius 3 is 2.58 bits per heavy atom. The number of rotatable bonds is 12. The van der Waals surface area contributed by atoms with Gasteiger partial charge in [0.25, 0.3) is 5.91 Å². The van der Waals surface area contributed by atoms with Crippen molar-refractivity contribution in [1.29, 1.82) is 0 Å². The number of nitrogens with zero attached hydrogens (tertiary/aromatic N) is 3. The van der Waals surface area contributed by atoms with Crippen molar-refractivity contribution in [1.82, 2.24) is 20.1 Å². The van der Waals surface area contributed by atoms with Gasteiger partial charge in [-0.15, -0.1) is 21.5 Å². The maximum absolute atomic E-state index is 13.1. The third-order valence-corrected chi connectivity index (χ3v) is 9.86. The van der Waals surface area contributed by atoms with Gasteiger partial charge in [0, 0.05) is 16.5 Å². The molecule has 0 radical (unpaired) electrons. The van der Waals surface area contributed by atoms with Gasteiger partial charge in [-0.2, -0.15) is 0 Å². The molecule has 2 aliphatic rings. The van der Waals surface area contributed by atoms with Crippen molar-refractivity contribution in [3.05, 3.63) is 45.6 Å². The van der Waals surface area contributed by atoms with Gasteiger partial charge in [0.05, 0.1) is 38.7 Å². The van der Waals surface area contributed by atoms with E-state index in [1.54, 1.807) is 32.2 Å². The average Bonchev–Trinajstić information content (AvgIpc) is 3.73. The van der Waals surface area contributed by atoms with Gasteiger partial charge in [-0.25, -0.2) is 4.79 Å². The predicted octanol–water partition coefficient (Wildman–Crippen LogP) is 5.19. The van der Waals surface area contributed by atoms with Gasteiger partial charge in [0.2, 0.25) is 5.91 Å². The Kier molecular flexibility index (Phi) is 10.2. The summed E-state index contributed by atoms with van der Waals surface area (Å²) in [6.45, 7) is 2.24. The third kappa shape index (κ3) is 6.98. The van der Waals surface area contributed by atoms with Crippen molar-refractivity contribution in [3.63, 3.8) is 0 Å². The number of carbonyl (C=O) groups is 3. The zero-order chi connectivity index (χ0) is 30.3. The zero-order valence-electron chi connectivity index (χ0n) is 24.7. The number of esters is 1. The molecular weight excluding hydrogens is 590 g/mol. The van der Waals surface area contributed by atoms with E-state index >= 15 is 0 Å². The smallest absolute Gasteiger partial charge is 0.341 e. The molecule has 2 amide bonds. The molecule has 5 rings (SSSR count). The van der Waals surface area contributed by atoms with Gasteiger partial charge in [-0.3, -0.25) is 9.59 Å². The van der Waals surface area contributed by atoms with Crippen LogP contribution in [0.2, 0.25) is 0 Å². The number of aromatic nitrogens is 3. The maximum atomic E-state index is 13.1. The molecule has 0 saturated heterocycles. The van der Waals surface area contributed by atoms with Gasteiger partial charge in [0.15, 0.2) is 22.5 Å². The van der Waals surface area contributed by atoms with Crippen LogP contribution in [0.4, 0.5) is 5.00 Å². The van der Waals surface area contributed by atoms with Crippen molar-refractivity contribution < 1.29 is 28.6 Å². The first-order valence-corrected chi connectivity index (χ1v) is 16.4. The number of methoxy groups -OCH3 is 2. The summed E-state index contributed by atoms with van der Waals surface area (Å²) in [6.07, 6.45) is 8.09. The fraction of sp³-hybridized carbons (Fsp3) is 0.500. The predicted molar refractivity (Wildman–Crippen MR) is 165 cm³/mol. The lowest BCUT2D eigenvalue weighted by atomic mass is 9.95. The number of hydrogen-bond acceptors (Lipinski definition) is 10. The van der Waals surface area contributed by atoms with Crippen LogP contribution in [-0.2, 0) is 28.9 Å². The highest BCUT2D eigenvalue weighted by Gasteiger charge is 2.29. The molecular formula is C30H37N5O6S2. The van der Waals surface area contributed by atoms with Gasteiger partial charge in [-0.05, 0) is 62.8 Å². The highest BCUT2D eigenvalue weighted by molar-refractivity contribution is 7.99. The molecule has 230 valence electrons. The van der Waals surface area contributed by atoms with E-state index in [4.69, 9.17) is 14.2 Å². The summed E-state index contributed by atoms with van der Waals surface area (Å²) in [4.78, 5) is 39.9. The first-order chi connectivity index (χ1) is 20.9. The normalized spacial score (nSPS) is 14.7. The molecule has 0 atom stereocenters. The summed E-state index contributed by atoms with van der Waals surface area (Å²) < 4.78 is 18.0. The van der Waals surface area contributed by atoms with Gasteiger partial charge in [-0.1, -0.05) is 31.0 Å². The highest BCUT2D eigenvalue weighted by Crippen LogP contribution is 2.40. The largest absolute Gasteiger partial charge is 0.493 e. The first-order valence-electron chi connectivity index (χ1n) is 14.6. The third-order valence-electron chi connectivity index (χ3n) is 7.71. The molecule has 3 aromatic rings. The topological polar surface area (TPSA) is 134 Å². The van der Waals surface area contributed by atoms with E-state index < -0.39 is 0 Å². The summed E-state index contributed by atoms with van der Waals surface area (Å²) in [7, 11) is 3.07. The number of carbonyl (C=O) groups excluding carboxylic acids is 3. The van der Waals surface area contributed by atoms with E-state index in [0.717, 1.165) is 55.4 Å². The average molecular weight is 628 g/mol. The van der Waals surface area contributed by atoms with Gasteiger partial charge >= 0.3 is 5.97 Å². The van der Waals surface area contributed by atoms with E-state index in [0.29, 0.717) is 38.6 Å². The number of thioether (sulfide) groups is 1. The summed E-state index contributed by atoms with van der Waals surface area (Å²) in [5.74, 6) is 0.879. The Morgan fingerprint density at radius 1 is 1.05 bits per heavy atom. The molecule has 13 heteroatoms. The van der Waals surface area contributed by atoms with Gasteiger partial charge < -0.3 is 29.4 Å². The molecule has 11 nitrogen and oxygen atoms in total. The van der Waals surface area contributed by atoms with Gasteiger partial charge in [0.1, 0.15) is 5.00 Å². The number of hydrogen-bond donors (Lipinski definition) is 2. The Bertz CT molecular complexity index is 1480. The zero-order valence-corrected chi connectivity index (χ0v) is 26.3. The van der Waals surface area contributed by atoms with E-state index in [2.05, 4.69) is 25.4 Å². The Morgan fingerprint density at radius 2 is 1.84 bits per heavy atom. The molecule has 1 fully saturated rings. The fourth-order valence-corrected chi connectivity index (χ4v) is 7.79. The lowest BCUT2D eigenvalue weighted by molar-refractivity contribution is -0.113. The van der Waals surface area contributed by atoms with Crippen molar-refractivity contribution in [2.75, 3.05) is 31.9 Å². The van der Waals surface area contributed by atoms with Crippen LogP contribution in [-0.4, -0.2) is 59.1 Å². The van der Waals surface area contributed by atoms with Crippen LogP contribution in [0.3, 0.4) is 0 Å². The Hall–Kier alpha value is -3.58. The van der Waals surface area contributed by atoms with E-state index in [9.17, 15) is 14.4 Å². The van der Waals surface area contributed by atoms with Crippen molar-refractivity contribution in [2.24, 2.45) is 0 Å². The minimum atomic E-state index is -0.387. The van der Waals surface area contributed by atoms with Crippen LogP contribution >= 0.6 is 23.1 Å². The van der Waals surface area contributed by atoms with Crippen LogP contribution < -0.4 is 20.1 Å². The molecule has 0 unspecified atom stereocenters. The molecule has 0 bridgehead atoms. The minimum absolute atomic E-state index is 0.105. The second-order valence-corrected chi connectivity index (χ2v) is 12.5. The van der Waals surface area contributed by atoms with Crippen LogP contribution in [0.25, 0.3) is 0 Å². The molecule has 2 aliphatic carbocycles. The molecule has 1 aromatic carbocycles. The molecule has 2 aromatic heterocycles. The highest BCUT2D eigenvalue weighted by atomic mass is 32.2. The summed E-state index contributed by atoms with van der Waals surface area (Å²) in [5, 5.41) is 15.9. The first kappa shape index (κ1) is 30.9. The lowest BCUT2D eigenvalue weighted by Crippen LogP contribution is -2.26. The number of aryl methyl sites for hydroxylation is 1. The lowest BCUT2D eigenvalue weighted by Gasteiger charge is -2.25. The van der Waals surface area contributed by atoms with Crippen molar-refractivity contribution in [2.45, 2.75) is 76.0 Å². The molecule has 1 saturated carbocycles. The number of thiophene rings is 1. The number of benzene rings is 1. The summed E-state index contributed by atoms with van der Waals surface area (Å²) in [6, 6.07) is 5.20. The molecule has 0 spiro atoms. The fourth-order valence-electron chi connectivity index (χ4n) is 5.68. The number of ether oxygens (including phenoxy) is 3. The van der Waals surface area contributed by atoms with Crippen LogP contribution in [0.5, 0.6) is 11.5 Å². The van der Waals surface area contributed by atoms with Crippen molar-refractivity contribution >= 4 is 45.9 Å². The van der Waals surface area contributed by atoms with E-state index in [1.165, 1.54) is 36.6 Å². The van der Waals surface area contributed by atoms with E-state index in [1.807, 2.05) is 0 Å². The van der Waals surface area contributed by atoms with Crippen LogP contribution in [0, 0.1) is 0 Å². The SMILES string of the molecule is CCOC(=O)c1c(NC(=O)CSc2nnc(CNC(=O)c3ccc(OC)c(OC)c3)n2C2CCCCC2)sc2c1CCC2. The second-order valence-electron chi connectivity index (χ2n) is 10.4. The minimum Gasteiger partial charge on any atom is -0.493 e. The van der Waals surface area contributed by atoms with Crippen molar-refractivity contribution in [3.8, 4) is 11.5 Å². The standard InChI is InChI=1S/C30H37N5O6S2/c1-4-41-29(38)26-20-11-8-12-23(20)43-28(26)32-25(36)17-42-30-34-33-24(35(30)19-9-6-5-7-10-19)16-31-27(37)18-13-14-21(39-2)22(15-18)40-3/h13-15,19H,4-12,16-17H2,1-3H3,(H,31,37)(H,32,36). The maximum Gasteiger partial charge on any atom is 0.341 e. The quantitative estimate of drug-likeness (QED) is 0.206. The number of amides is 2. The van der Waals surface area contributed by atoms with Crippen LogP contribution in [0.1, 0.15) is 88.5 Å². The van der Waals surface area contributed by atoms with Crippen LogP contribution in [0.15, 0.2) is 23.4 Å².